The second-order valence-corrected chi connectivity index (χ2v) is 7.68. The molecular formula is C21H22ClN3. The van der Waals surface area contributed by atoms with Crippen molar-refractivity contribution < 1.29 is 0 Å². The van der Waals surface area contributed by atoms with Crippen LogP contribution in [0.4, 0.5) is 0 Å². The first-order chi connectivity index (χ1) is 12.3. The molecule has 25 heavy (non-hydrogen) atoms. The maximum Gasteiger partial charge on any atom is 0.124 e. The van der Waals surface area contributed by atoms with Gasteiger partial charge in [0, 0.05) is 47.5 Å². The molecule has 5 rings (SSSR count). The predicted molar refractivity (Wildman–Crippen MR) is 101 cm³/mol. The van der Waals surface area contributed by atoms with Crippen LogP contribution in [0.1, 0.15) is 42.1 Å². The summed E-state index contributed by atoms with van der Waals surface area (Å²) in [6, 6.07) is 17.5. The van der Waals surface area contributed by atoms with Crippen molar-refractivity contribution in [1.82, 2.24) is 15.5 Å². The maximum atomic E-state index is 6.38. The van der Waals surface area contributed by atoms with E-state index >= 15 is 0 Å². The van der Waals surface area contributed by atoms with E-state index in [0.29, 0.717) is 6.04 Å². The summed E-state index contributed by atoms with van der Waals surface area (Å²) in [5, 5.41) is 8.14. The van der Waals surface area contributed by atoms with Crippen LogP contribution < -0.4 is 10.6 Å². The average molecular weight is 352 g/mol. The van der Waals surface area contributed by atoms with E-state index in [1.54, 1.807) is 0 Å². The Balaban J connectivity index is 1.29. The summed E-state index contributed by atoms with van der Waals surface area (Å²) in [5.41, 5.74) is 6.86. The lowest BCUT2D eigenvalue weighted by Gasteiger charge is -2.31. The highest BCUT2D eigenvalue weighted by atomic mass is 35.5. The highest BCUT2D eigenvalue weighted by Gasteiger charge is 2.34. The van der Waals surface area contributed by atoms with Gasteiger partial charge in [-0.15, -0.1) is 0 Å². The zero-order valence-electron chi connectivity index (χ0n) is 14.1. The Morgan fingerprint density at radius 3 is 2.32 bits per heavy atom. The second kappa shape index (κ2) is 6.08. The van der Waals surface area contributed by atoms with Crippen LogP contribution in [-0.4, -0.2) is 10.9 Å². The first-order valence-electron chi connectivity index (χ1n) is 9.08. The molecule has 0 spiro atoms. The van der Waals surface area contributed by atoms with Gasteiger partial charge in [0.25, 0.3) is 0 Å². The number of rotatable bonds is 2. The molecule has 0 saturated carbocycles. The summed E-state index contributed by atoms with van der Waals surface area (Å²) in [6.07, 6.45) is 3.53. The molecule has 0 amide bonds. The van der Waals surface area contributed by atoms with Crippen molar-refractivity contribution in [2.24, 2.45) is 0 Å². The maximum absolute atomic E-state index is 6.38. The van der Waals surface area contributed by atoms with Crippen molar-refractivity contribution in [3.63, 3.8) is 0 Å². The molecule has 2 N–H and O–H groups in total. The molecule has 4 heteroatoms. The lowest BCUT2D eigenvalue weighted by molar-refractivity contribution is 0.180. The number of hydrogen-bond donors (Lipinski definition) is 2. The number of halogens is 1. The highest BCUT2D eigenvalue weighted by molar-refractivity contribution is 6.31. The molecule has 3 nitrogen and oxygen atoms in total. The fourth-order valence-electron chi connectivity index (χ4n) is 4.41. The molecule has 2 heterocycles. The standard InChI is InChI=1S/C21H22ClN3/c22-18-8-4-3-7-17(18)21-23-19-10-9-16(11-20(19)24-21)25-12-14-5-1-2-6-15(14)13-25/h1-8,16,21,23-24H,9-13H2. The van der Waals surface area contributed by atoms with Gasteiger partial charge in [0.1, 0.15) is 6.17 Å². The molecule has 128 valence electrons. The number of fused-ring (bicyclic) bond motifs is 1. The van der Waals surface area contributed by atoms with Crippen molar-refractivity contribution in [3.05, 3.63) is 81.6 Å². The highest BCUT2D eigenvalue weighted by Crippen LogP contribution is 2.36. The Hall–Kier alpha value is -1.97. The normalized spacial score (nSPS) is 25.3. The van der Waals surface area contributed by atoms with Gasteiger partial charge in [-0.1, -0.05) is 54.1 Å². The molecule has 3 aliphatic rings. The van der Waals surface area contributed by atoms with Gasteiger partial charge < -0.3 is 10.6 Å². The first-order valence-corrected chi connectivity index (χ1v) is 9.46. The summed E-state index contributed by atoms with van der Waals surface area (Å²) in [7, 11) is 0. The van der Waals surface area contributed by atoms with E-state index in [1.807, 2.05) is 18.2 Å². The SMILES string of the molecule is Clc1ccccc1C1NC2=C(CC(N3Cc4ccccc4C3)CC2)N1. The molecule has 0 aromatic heterocycles. The van der Waals surface area contributed by atoms with E-state index in [4.69, 9.17) is 11.6 Å². The Morgan fingerprint density at radius 2 is 1.56 bits per heavy atom. The summed E-state index contributed by atoms with van der Waals surface area (Å²) in [6.45, 7) is 2.18. The Kier molecular flexibility index (Phi) is 3.72. The molecule has 2 aromatic rings. The van der Waals surface area contributed by atoms with Gasteiger partial charge in [0.15, 0.2) is 0 Å². The summed E-state index contributed by atoms with van der Waals surface area (Å²) in [5.74, 6) is 0. The summed E-state index contributed by atoms with van der Waals surface area (Å²) in [4.78, 5) is 2.64. The fourth-order valence-corrected chi connectivity index (χ4v) is 4.65. The van der Waals surface area contributed by atoms with E-state index < -0.39 is 0 Å². The third-order valence-corrected chi connectivity index (χ3v) is 6.11. The Morgan fingerprint density at radius 1 is 0.880 bits per heavy atom. The minimum Gasteiger partial charge on any atom is -0.364 e. The number of benzene rings is 2. The van der Waals surface area contributed by atoms with Crippen LogP contribution in [0.2, 0.25) is 5.02 Å². The molecule has 0 bridgehead atoms. The van der Waals surface area contributed by atoms with Gasteiger partial charge in [0.05, 0.1) is 0 Å². The van der Waals surface area contributed by atoms with Crippen molar-refractivity contribution >= 4 is 11.6 Å². The van der Waals surface area contributed by atoms with Crippen LogP contribution in [0.25, 0.3) is 0 Å². The number of allylic oxidation sites excluding steroid dienone is 1. The number of hydrogen-bond acceptors (Lipinski definition) is 3. The molecule has 1 aliphatic carbocycles. The second-order valence-electron chi connectivity index (χ2n) is 7.27. The van der Waals surface area contributed by atoms with Crippen LogP contribution in [0.5, 0.6) is 0 Å². The van der Waals surface area contributed by atoms with Crippen LogP contribution in [0.3, 0.4) is 0 Å². The Labute approximate surface area is 153 Å². The zero-order valence-corrected chi connectivity index (χ0v) is 14.9. The topological polar surface area (TPSA) is 27.3 Å². The van der Waals surface area contributed by atoms with E-state index in [9.17, 15) is 0 Å². The fraction of sp³-hybridized carbons (Fsp3) is 0.333. The van der Waals surface area contributed by atoms with Gasteiger partial charge in [0.2, 0.25) is 0 Å². The molecule has 2 aromatic carbocycles. The van der Waals surface area contributed by atoms with Crippen molar-refractivity contribution in [1.29, 1.82) is 0 Å². The van der Waals surface area contributed by atoms with Crippen LogP contribution in [0.15, 0.2) is 59.9 Å². The van der Waals surface area contributed by atoms with E-state index in [-0.39, 0.29) is 6.17 Å². The van der Waals surface area contributed by atoms with Gasteiger partial charge in [-0.2, -0.15) is 0 Å². The quantitative estimate of drug-likeness (QED) is 0.844. The molecular weight excluding hydrogens is 330 g/mol. The first kappa shape index (κ1) is 15.3. The number of nitrogens with zero attached hydrogens (tertiary/aromatic N) is 1. The summed E-state index contributed by atoms with van der Waals surface area (Å²) >= 11 is 6.38. The van der Waals surface area contributed by atoms with Crippen molar-refractivity contribution in [3.8, 4) is 0 Å². The third-order valence-electron chi connectivity index (χ3n) is 5.77. The minimum absolute atomic E-state index is 0.105. The van der Waals surface area contributed by atoms with Crippen LogP contribution >= 0.6 is 11.6 Å². The molecule has 0 radical (unpaired) electrons. The molecule has 0 fully saturated rings. The van der Waals surface area contributed by atoms with Crippen molar-refractivity contribution in [2.45, 2.75) is 44.6 Å². The van der Waals surface area contributed by atoms with Gasteiger partial charge in [-0.3, -0.25) is 4.90 Å². The molecule has 0 saturated heterocycles. The molecule has 2 aliphatic heterocycles. The van der Waals surface area contributed by atoms with Gasteiger partial charge in [-0.05, 0) is 30.0 Å². The lowest BCUT2D eigenvalue weighted by Crippen LogP contribution is -2.34. The summed E-state index contributed by atoms with van der Waals surface area (Å²) < 4.78 is 0. The monoisotopic (exact) mass is 351 g/mol. The van der Waals surface area contributed by atoms with E-state index in [2.05, 4.69) is 45.9 Å². The van der Waals surface area contributed by atoms with Crippen LogP contribution in [-0.2, 0) is 13.1 Å². The minimum atomic E-state index is 0.105. The third kappa shape index (κ3) is 2.72. The smallest absolute Gasteiger partial charge is 0.124 e. The largest absolute Gasteiger partial charge is 0.364 e. The van der Waals surface area contributed by atoms with Gasteiger partial charge in [-0.25, -0.2) is 0 Å². The van der Waals surface area contributed by atoms with E-state index in [0.717, 1.165) is 36.5 Å². The van der Waals surface area contributed by atoms with Crippen molar-refractivity contribution in [2.75, 3.05) is 0 Å². The number of nitrogens with one attached hydrogen (secondary N) is 2. The molecule has 2 atom stereocenters. The zero-order chi connectivity index (χ0) is 16.8. The van der Waals surface area contributed by atoms with E-state index in [1.165, 1.54) is 28.9 Å². The average Bonchev–Trinajstić information content (AvgIpc) is 3.25. The predicted octanol–water partition coefficient (Wildman–Crippen LogP) is 4.31. The lowest BCUT2D eigenvalue weighted by atomic mass is 9.95. The van der Waals surface area contributed by atoms with Gasteiger partial charge >= 0.3 is 0 Å². The Bertz CT molecular complexity index is 820. The van der Waals surface area contributed by atoms with Crippen LogP contribution in [0, 0.1) is 0 Å². The molecule has 2 unspecified atom stereocenters.